The van der Waals surface area contributed by atoms with Crippen LogP contribution in [0.15, 0.2) is 66.0 Å². The van der Waals surface area contributed by atoms with E-state index in [0.29, 0.717) is 16.8 Å². The minimum atomic E-state index is -0.450. The third kappa shape index (κ3) is 2.85. The normalized spacial score (nSPS) is 27.1. The average Bonchev–Trinajstić information content (AvgIpc) is 3.42. The quantitative estimate of drug-likeness (QED) is 0.368. The number of carbonyl (C=O) groups excluding carboxylic acids is 3. The van der Waals surface area contributed by atoms with E-state index in [9.17, 15) is 14.4 Å². The van der Waals surface area contributed by atoms with Crippen LogP contribution < -0.4 is 10.3 Å². The number of nitrogens with zero attached hydrogens (tertiary/aromatic N) is 3. The minimum Gasteiger partial charge on any atom is -0.365 e. The first kappa shape index (κ1) is 17.4. The number of hydrazone groups is 1. The van der Waals surface area contributed by atoms with Gasteiger partial charge in [0.25, 0.3) is 5.91 Å². The Morgan fingerprint density at radius 1 is 1.07 bits per heavy atom. The summed E-state index contributed by atoms with van der Waals surface area (Å²) in [4.78, 5) is 42.8. The van der Waals surface area contributed by atoms with E-state index >= 15 is 0 Å². The van der Waals surface area contributed by atoms with Gasteiger partial charge in [0.1, 0.15) is 0 Å². The van der Waals surface area contributed by atoms with Crippen molar-refractivity contribution in [3.05, 3.63) is 72.1 Å². The van der Waals surface area contributed by atoms with Gasteiger partial charge in [0.2, 0.25) is 11.8 Å². The monoisotopic (exact) mass is 388 g/mol. The number of carbonyl (C=O) groups is 3. The molecule has 4 heterocycles. The summed E-state index contributed by atoms with van der Waals surface area (Å²) in [5.41, 5.74) is 4.01. The molecular formula is C21H16N4O4. The second kappa shape index (κ2) is 6.75. The molecule has 144 valence electrons. The minimum absolute atomic E-state index is 0.239. The molecule has 2 bridgehead atoms. The van der Waals surface area contributed by atoms with Gasteiger partial charge >= 0.3 is 0 Å². The summed E-state index contributed by atoms with van der Waals surface area (Å²) in [6.07, 6.45) is 7.58. The SMILES string of the molecule is O=C(N/N=C/c1cccc(N2C(=O)C3C4C=CC(O4)C3C2=O)c1)c1ccncc1. The summed E-state index contributed by atoms with van der Waals surface area (Å²) in [5.74, 6) is -1.74. The number of nitrogens with one attached hydrogen (secondary N) is 1. The molecule has 0 saturated carbocycles. The van der Waals surface area contributed by atoms with Crippen molar-refractivity contribution >= 4 is 29.6 Å². The van der Waals surface area contributed by atoms with Gasteiger partial charge in [-0.25, -0.2) is 10.3 Å². The van der Waals surface area contributed by atoms with E-state index in [1.54, 1.807) is 36.4 Å². The van der Waals surface area contributed by atoms with Crippen molar-refractivity contribution in [2.24, 2.45) is 16.9 Å². The molecule has 3 amide bonds. The summed E-state index contributed by atoms with van der Waals surface area (Å²) in [7, 11) is 0. The number of amides is 3. The Morgan fingerprint density at radius 2 is 1.76 bits per heavy atom. The van der Waals surface area contributed by atoms with Crippen LogP contribution in [0.25, 0.3) is 0 Å². The van der Waals surface area contributed by atoms with Gasteiger partial charge in [-0.2, -0.15) is 5.10 Å². The van der Waals surface area contributed by atoms with Crippen LogP contribution >= 0.6 is 0 Å². The molecule has 4 unspecified atom stereocenters. The number of hydrogen-bond acceptors (Lipinski definition) is 6. The fourth-order valence-electron chi connectivity index (χ4n) is 4.04. The van der Waals surface area contributed by atoms with Gasteiger partial charge in [-0.3, -0.25) is 19.4 Å². The van der Waals surface area contributed by atoms with Gasteiger partial charge < -0.3 is 4.74 Å². The van der Waals surface area contributed by atoms with Gasteiger partial charge in [-0.05, 0) is 29.8 Å². The number of anilines is 1. The molecule has 2 aromatic rings. The highest BCUT2D eigenvalue weighted by Gasteiger charge is 2.60. The number of pyridine rings is 1. The van der Waals surface area contributed by atoms with Gasteiger partial charge in [-0.1, -0.05) is 24.3 Å². The van der Waals surface area contributed by atoms with Crippen LogP contribution in [0.5, 0.6) is 0 Å². The smallest absolute Gasteiger partial charge is 0.271 e. The molecule has 29 heavy (non-hydrogen) atoms. The predicted molar refractivity (Wildman–Crippen MR) is 103 cm³/mol. The summed E-state index contributed by atoms with van der Waals surface area (Å²) >= 11 is 0. The first-order valence-corrected chi connectivity index (χ1v) is 9.18. The van der Waals surface area contributed by atoms with Crippen molar-refractivity contribution < 1.29 is 19.1 Å². The Labute approximate surface area is 165 Å². The number of rotatable bonds is 4. The van der Waals surface area contributed by atoms with E-state index < -0.39 is 11.8 Å². The van der Waals surface area contributed by atoms with E-state index in [2.05, 4.69) is 15.5 Å². The van der Waals surface area contributed by atoms with E-state index in [1.165, 1.54) is 23.5 Å². The zero-order valence-corrected chi connectivity index (χ0v) is 15.1. The second-order valence-corrected chi connectivity index (χ2v) is 7.04. The number of benzene rings is 1. The van der Waals surface area contributed by atoms with E-state index in [4.69, 9.17) is 4.74 Å². The highest BCUT2D eigenvalue weighted by atomic mass is 16.5. The van der Waals surface area contributed by atoms with Crippen molar-refractivity contribution in [2.75, 3.05) is 4.90 Å². The zero-order chi connectivity index (χ0) is 20.0. The Balaban J connectivity index is 1.32. The zero-order valence-electron chi connectivity index (χ0n) is 15.1. The first-order chi connectivity index (χ1) is 14.1. The van der Waals surface area contributed by atoms with E-state index in [1.807, 2.05) is 12.2 Å². The number of imide groups is 1. The van der Waals surface area contributed by atoms with Crippen LogP contribution in [0.1, 0.15) is 15.9 Å². The van der Waals surface area contributed by atoms with Gasteiger partial charge in [-0.15, -0.1) is 0 Å². The third-order valence-corrected chi connectivity index (χ3v) is 5.36. The molecule has 3 aliphatic heterocycles. The van der Waals surface area contributed by atoms with Gasteiger partial charge in [0.05, 0.1) is 35.9 Å². The van der Waals surface area contributed by atoms with Crippen molar-refractivity contribution in [1.82, 2.24) is 10.4 Å². The molecule has 1 aromatic carbocycles. The van der Waals surface area contributed by atoms with E-state index in [-0.39, 0.29) is 29.9 Å². The third-order valence-electron chi connectivity index (χ3n) is 5.36. The Hall–Kier alpha value is -3.65. The second-order valence-electron chi connectivity index (χ2n) is 7.04. The Kier molecular flexibility index (Phi) is 4.06. The highest BCUT2D eigenvalue weighted by molar-refractivity contribution is 6.23. The largest absolute Gasteiger partial charge is 0.365 e. The molecule has 4 atom stereocenters. The van der Waals surface area contributed by atoms with Crippen LogP contribution in [-0.2, 0) is 14.3 Å². The maximum Gasteiger partial charge on any atom is 0.271 e. The lowest BCUT2D eigenvalue weighted by Crippen LogP contribution is -2.34. The molecule has 0 spiro atoms. The number of fused-ring (bicyclic) bond motifs is 5. The van der Waals surface area contributed by atoms with Crippen LogP contribution in [0.2, 0.25) is 0 Å². The lowest BCUT2D eigenvalue weighted by Gasteiger charge is -2.17. The molecule has 8 nitrogen and oxygen atoms in total. The number of ether oxygens (including phenoxy) is 1. The molecular weight excluding hydrogens is 372 g/mol. The van der Waals surface area contributed by atoms with Crippen LogP contribution in [0.3, 0.4) is 0 Å². The summed E-state index contributed by atoms with van der Waals surface area (Å²) in [5, 5.41) is 3.95. The summed E-state index contributed by atoms with van der Waals surface area (Å²) < 4.78 is 5.66. The fraction of sp³-hybridized carbons (Fsp3) is 0.190. The maximum absolute atomic E-state index is 12.9. The lowest BCUT2D eigenvalue weighted by atomic mass is 9.85. The Morgan fingerprint density at radius 3 is 2.45 bits per heavy atom. The van der Waals surface area contributed by atoms with E-state index in [0.717, 1.165) is 0 Å². The molecule has 8 heteroatoms. The lowest BCUT2D eigenvalue weighted by molar-refractivity contribution is -0.124. The van der Waals surface area contributed by atoms with Gasteiger partial charge in [0, 0.05) is 18.0 Å². The van der Waals surface area contributed by atoms with Crippen LogP contribution in [0, 0.1) is 11.8 Å². The van der Waals surface area contributed by atoms with Crippen molar-refractivity contribution in [3.63, 3.8) is 0 Å². The molecule has 3 aliphatic rings. The predicted octanol–water partition coefficient (Wildman–Crippen LogP) is 1.29. The fourth-order valence-corrected chi connectivity index (χ4v) is 4.04. The Bertz CT molecular complexity index is 1040. The maximum atomic E-state index is 12.9. The standard InChI is InChI=1S/C21H16N4O4/c26-19(13-6-8-22-9-7-13)24-23-11-12-2-1-3-14(10-12)25-20(27)17-15-4-5-16(29-15)18(17)21(25)28/h1-11,15-18H,(H,24,26)/b23-11+. The molecule has 0 radical (unpaired) electrons. The van der Waals surface area contributed by atoms with Crippen molar-refractivity contribution in [1.29, 1.82) is 0 Å². The summed E-state index contributed by atoms with van der Waals surface area (Å²) in [6.45, 7) is 0. The van der Waals surface area contributed by atoms with Crippen molar-refractivity contribution in [2.45, 2.75) is 12.2 Å². The summed E-state index contributed by atoms with van der Waals surface area (Å²) in [6, 6.07) is 10.1. The van der Waals surface area contributed by atoms with Gasteiger partial charge in [0.15, 0.2) is 0 Å². The molecule has 2 saturated heterocycles. The topological polar surface area (TPSA) is 101 Å². The van der Waals surface area contributed by atoms with Crippen molar-refractivity contribution in [3.8, 4) is 0 Å². The van der Waals surface area contributed by atoms with Crippen LogP contribution in [-0.4, -0.2) is 41.1 Å². The number of aromatic nitrogens is 1. The number of hydrogen-bond donors (Lipinski definition) is 1. The first-order valence-electron chi connectivity index (χ1n) is 9.18. The molecule has 1 aromatic heterocycles. The average molecular weight is 388 g/mol. The van der Waals surface area contributed by atoms with Crippen LogP contribution in [0.4, 0.5) is 5.69 Å². The molecule has 5 rings (SSSR count). The molecule has 0 aliphatic carbocycles. The highest BCUT2D eigenvalue weighted by Crippen LogP contribution is 2.46. The molecule has 2 fully saturated rings. The molecule has 1 N–H and O–H groups in total.